The van der Waals surface area contributed by atoms with Gasteiger partial charge >= 0.3 is 5.97 Å². The number of thiophene rings is 1. The van der Waals surface area contributed by atoms with Crippen LogP contribution in [0.3, 0.4) is 0 Å². The zero-order valence-corrected chi connectivity index (χ0v) is 14.8. The summed E-state index contributed by atoms with van der Waals surface area (Å²) >= 11 is 13.7. The molecule has 0 saturated heterocycles. The second-order valence-electron chi connectivity index (χ2n) is 4.85. The molecule has 24 heavy (non-hydrogen) atoms. The zero-order chi connectivity index (χ0) is 17.3. The minimum absolute atomic E-state index is 0.267. The maximum atomic E-state index is 12.6. The van der Waals surface area contributed by atoms with Gasteiger partial charge in [0.2, 0.25) is 0 Å². The van der Waals surface area contributed by atoms with Crippen LogP contribution >= 0.6 is 34.5 Å². The molecule has 7 heteroatoms. The lowest BCUT2D eigenvalue weighted by molar-refractivity contribution is 0.0602. The minimum Gasteiger partial charge on any atom is -0.465 e. The molecule has 1 heterocycles. The molecule has 0 saturated carbocycles. The Balaban J connectivity index is 1.99. The third-order valence-corrected chi connectivity index (χ3v) is 5.35. The molecular weight excluding hydrogens is 369 g/mol. The van der Waals surface area contributed by atoms with E-state index in [0.29, 0.717) is 26.0 Å². The van der Waals surface area contributed by atoms with Gasteiger partial charge in [-0.3, -0.25) is 4.79 Å². The highest BCUT2D eigenvalue weighted by Crippen LogP contribution is 2.39. The summed E-state index contributed by atoms with van der Waals surface area (Å²) in [6.07, 6.45) is 0. The molecule has 4 nitrogen and oxygen atoms in total. The van der Waals surface area contributed by atoms with E-state index < -0.39 is 11.9 Å². The van der Waals surface area contributed by atoms with E-state index in [4.69, 9.17) is 27.9 Å². The summed E-state index contributed by atoms with van der Waals surface area (Å²) in [5.74, 6) is -0.940. The number of hydrogen-bond acceptors (Lipinski definition) is 4. The molecule has 1 amide bonds. The van der Waals surface area contributed by atoms with Gasteiger partial charge in [-0.05, 0) is 24.3 Å². The summed E-state index contributed by atoms with van der Waals surface area (Å²) in [6.45, 7) is 0. The highest BCUT2D eigenvalue weighted by atomic mass is 35.5. The number of methoxy groups -OCH3 is 1. The van der Waals surface area contributed by atoms with E-state index in [0.717, 1.165) is 4.70 Å². The monoisotopic (exact) mass is 379 g/mol. The van der Waals surface area contributed by atoms with Crippen molar-refractivity contribution in [2.75, 3.05) is 12.4 Å². The number of esters is 1. The van der Waals surface area contributed by atoms with Gasteiger partial charge in [-0.2, -0.15) is 0 Å². The molecule has 0 atom stereocenters. The molecule has 3 aromatic rings. The molecule has 1 aromatic heterocycles. The van der Waals surface area contributed by atoms with Crippen LogP contribution in [0.4, 0.5) is 5.69 Å². The van der Waals surface area contributed by atoms with Gasteiger partial charge in [0.15, 0.2) is 0 Å². The normalized spacial score (nSPS) is 10.6. The van der Waals surface area contributed by atoms with Crippen LogP contribution in [0.2, 0.25) is 10.0 Å². The first-order chi connectivity index (χ1) is 11.5. The molecule has 122 valence electrons. The van der Waals surface area contributed by atoms with Crippen molar-refractivity contribution in [1.82, 2.24) is 0 Å². The van der Waals surface area contributed by atoms with Crippen molar-refractivity contribution in [3.05, 3.63) is 63.0 Å². The third kappa shape index (κ3) is 2.98. The van der Waals surface area contributed by atoms with Crippen LogP contribution in [0.15, 0.2) is 42.5 Å². The largest absolute Gasteiger partial charge is 0.465 e. The van der Waals surface area contributed by atoms with Crippen LogP contribution in [0.5, 0.6) is 0 Å². The van der Waals surface area contributed by atoms with Crippen molar-refractivity contribution < 1.29 is 14.3 Å². The van der Waals surface area contributed by atoms with Crippen LogP contribution in [0.25, 0.3) is 10.1 Å². The fourth-order valence-electron chi connectivity index (χ4n) is 2.28. The molecule has 3 rings (SSSR count). The van der Waals surface area contributed by atoms with E-state index in [1.54, 1.807) is 36.4 Å². The second-order valence-corrected chi connectivity index (χ2v) is 6.69. The first-order valence-electron chi connectivity index (χ1n) is 6.88. The predicted molar refractivity (Wildman–Crippen MR) is 97.6 cm³/mol. The number of nitrogens with one attached hydrogen (secondary N) is 1. The van der Waals surface area contributed by atoms with Gasteiger partial charge in [-0.1, -0.05) is 41.4 Å². The summed E-state index contributed by atoms with van der Waals surface area (Å²) in [6, 6.07) is 12.0. The predicted octanol–water partition coefficient (Wildman–Crippen LogP) is 5.25. The maximum absolute atomic E-state index is 12.6. The summed E-state index contributed by atoms with van der Waals surface area (Å²) in [5.41, 5.74) is 0.623. The Bertz CT molecular complexity index is 952. The number of ether oxygens (including phenoxy) is 1. The van der Waals surface area contributed by atoms with Gasteiger partial charge in [-0.15, -0.1) is 11.3 Å². The SMILES string of the molecule is COC(=O)c1ccccc1NC(=O)c1sc2cccc(Cl)c2c1Cl. The van der Waals surface area contributed by atoms with E-state index in [2.05, 4.69) is 5.32 Å². The lowest BCUT2D eigenvalue weighted by Crippen LogP contribution is -2.14. The van der Waals surface area contributed by atoms with E-state index in [-0.39, 0.29) is 5.56 Å². The zero-order valence-electron chi connectivity index (χ0n) is 12.4. The van der Waals surface area contributed by atoms with Crippen LogP contribution in [0.1, 0.15) is 20.0 Å². The molecule has 0 aliphatic rings. The van der Waals surface area contributed by atoms with Gasteiger partial charge in [0, 0.05) is 10.1 Å². The Hall–Kier alpha value is -2.08. The second kappa shape index (κ2) is 6.81. The van der Waals surface area contributed by atoms with Gasteiger partial charge < -0.3 is 10.1 Å². The smallest absolute Gasteiger partial charge is 0.339 e. The average molecular weight is 380 g/mol. The van der Waals surface area contributed by atoms with Gasteiger partial charge in [-0.25, -0.2) is 4.79 Å². The molecule has 1 N–H and O–H groups in total. The fourth-order valence-corrected chi connectivity index (χ4v) is 4.13. The Morgan fingerprint density at radius 2 is 1.83 bits per heavy atom. The molecule has 0 radical (unpaired) electrons. The summed E-state index contributed by atoms with van der Waals surface area (Å²) < 4.78 is 5.54. The number of amides is 1. The van der Waals surface area contributed by atoms with E-state index in [1.165, 1.54) is 18.4 Å². The first-order valence-corrected chi connectivity index (χ1v) is 8.45. The summed E-state index contributed by atoms with van der Waals surface area (Å²) in [4.78, 5) is 24.7. The van der Waals surface area contributed by atoms with Gasteiger partial charge in [0.05, 0.1) is 28.4 Å². The van der Waals surface area contributed by atoms with Crippen molar-refractivity contribution in [1.29, 1.82) is 0 Å². The minimum atomic E-state index is -0.531. The number of fused-ring (bicyclic) bond motifs is 1. The lowest BCUT2D eigenvalue weighted by atomic mass is 10.1. The van der Waals surface area contributed by atoms with Gasteiger partial charge in [0.25, 0.3) is 5.91 Å². The highest BCUT2D eigenvalue weighted by Gasteiger charge is 2.20. The molecule has 0 aliphatic heterocycles. The fraction of sp³-hybridized carbons (Fsp3) is 0.0588. The van der Waals surface area contributed by atoms with Gasteiger partial charge in [0.1, 0.15) is 4.88 Å². The number of benzene rings is 2. The van der Waals surface area contributed by atoms with Crippen molar-refractivity contribution in [2.45, 2.75) is 0 Å². The summed E-state index contributed by atoms with van der Waals surface area (Å²) in [7, 11) is 1.28. The average Bonchev–Trinajstić information content (AvgIpc) is 2.93. The Kier molecular flexibility index (Phi) is 4.76. The number of anilines is 1. The van der Waals surface area contributed by atoms with Crippen LogP contribution in [-0.2, 0) is 4.74 Å². The van der Waals surface area contributed by atoms with Crippen LogP contribution in [-0.4, -0.2) is 19.0 Å². The number of halogens is 2. The number of para-hydroxylation sites is 1. The first kappa shape index (κ1) is 16.8. The number of hydrogen-bond donors (Lipinski definition) is 1. The molecule has 0 spiro atoms. The lowest BCUT2D eigenvalue weighted by Gasteiger charge is -2.08. The molecule has 0 fully saturated rings. The van der Waals surface area contributed by atoms with Crippen molar-refractivity contribution in [2.24, 2.45) is 0 Å². The maximum Gasteiger partial charge on any atom is 0.339 e. The van der Waals surface area contributed by atoms with E-state index >= 15 is 0 Å². The Labute approximate surface area is 151 Å². The Morgan fingerprint density at radius 1 is 1.08 bits per heavy atom. The van der Waals surface area contributed by atoms with Crippen LogP contribution in [0, 0.1) is 0 Å². The number of carbonyl (C=O) groups is 2. The highest BCUT2D eigenvalue weighted by molar-refractivity contribution is 7.21. The van der Waals surface area contributed by atoms with Crippen molar-refractivity contribution in [3.63, 3.8) is 0 Å². The van der Waals surface area contributed by atoms with E-state index in [9.17, 15) is 9.59 Å². The number of rotatable bonds is 3. The molecule has 2 aromatic carbocycles. The third-order valence-electron chi connectivity index (χ3n) is 3.39. The van der Waals surface area contributed by atoms with E-state index in [1.807, 2.05) is 6.07 Å². The number of carbonyl (C=O) groups excluding carboxylic acids is 2. The topological polar surface area (TPSA) is 55.4 Å². The van der Waals surface area contributed by atoms with Crippen LogP contribution < -0.4 is 5.32 Å². The van der Waals surface area contributed by atoms with Crippen molar-refractivity contribution >= 4 is 62.2 Å². The molecule has 0 unspecified atom stereocenters. The molecule has 0 aliphatic carbocycles. The quantitative estimate of drug-likeness (QED) is 0.632. The Morgan fingerprint density at radius 3 is 2.54 bits per heavy atom. The standard InChI is InChI=1S/C17H11Cl2NO3S/c1-23-17(22)9-5-2-3-7-11(9)20-16(21)15-14(19)13-10(18)6-4-8-12(13)24-15/h2-8H,1H3,(H,20,21). The molecular formula is C17H11Cl2NO3S. The summed E-state index contributed by atoms with van der Waals surface area (Å²) in [5, 5.41) is 4.14. The van der Waals surface area contributed by atoms with Crippen molar-refractivity contribution in [3.8, 4) is 0 Å². The molecule has 0 bridgehead atoms.